The second-order valence-electron chi connectivity index (χ2n) is 3.90. The van der Waals surface area contributed by atoms with E-state index in [1.54, 1.807) is 7.11 Å². The van der Waals surface area contributed by atoms with Gasteiger partial charge in [0, 0.05) is 19.7 Å². The zero-order chi connectivity index (χ0) is 12.7. The number of anilines is 2. The minimum atomic E-state index is 0.241. The Labute approximate surface area is 103 Å². The summed E-state index contributed by atoms with van der Waals surface area (Å²) in [5.41, 5.74) is 7.74. The smallest absolute Gasteiger partial charge is 0.143 e. The minimum Gasteiger partial charge on any atom is -0.495 e. The highest BCUT2D eigenvalue weighted by atomic mass is 16.5. The molecule has 0 heterocycles. The summed E-state index contributed by atoms with van der Waals surface area (Å²) in [6.07, 6.45) is 1.78. The van der Waals surface area contributed by atoms with E-state index in [2.05, 4.69) is 11.8 Å². The molecule has 96 valence electrons. The fraction of sp³-hybridized carbons (Fsp3) is 0.538. The monoisotopic (exact) mass is 238 g/mol. The van der Waals surface area contributed by atoms with Gasteiger partial charge >= 0.3 is 0 Å². The number of unbranched alkanes of at least 4 members (excludes halogenated alkanes) is 1. The van der Waals surface area contributed by atoms with E-state index >= 15 is 0 Å². The molecule has 0 aliphatic carbocycles. The van der Waals surface area contributed by atoms with Crippen LogP contribution in [-0.4, -0.2) is 31.9 Å². The standard InChI is InChI=1S/C13H22N2O2/c1-3-15(9-4-5-10-16)11-7-6-8-12(17-2)13(11)14/h6-8,16H,3-5,9-10,14H2,1-2H3. The summed E-state index contributed by atoms with van der Waals surface area (Å²) in [7, 11) is 1.62. The zero-order valence-corrected chi connectivity index (χ0v) is 10.6. The zero-order valence-electron chi connectivity index (χ0n) is 10.6. The van der Waals surface area contributed by atoms with Crippen molar-refractivity contribution in [3.05, 3.63) is 18.2 Å². The van der Waals surface area contributed by atoms with Crippen LogP contribution in [0.25, 0.3) is 0 Å². The summed E-state index contributed by atoms with van der Waals surface area (Å²) in [5, 5.41) is 8.80. The second kappa shape index (κ2) is 7.01. The molecule has 1 rings (SSSR count). The number of rotatable bonds is 7. The minimum absolute atomic E-state index is 0.241. The Morgan fingerprint density at radius 1 is 1.35 bits per heavy atom. The van der Waals surface area contributed by atoms with Gasteiger partial charge in [0.15, 0.2) is 0 Å². The normalized spacial score (nSPS) is 10.3. The molecule has 0 amide bonds. The van der Waals surface area contributed by atoms with E-state index in [0.717, 1.165) is 31.6 Å². The Balaban J connectivity index is 2.80. The van der Waals surface area contributed by atoms with Gasteiger partial charge in [-0.1, -0.05) is 6.07 Å². The van der Waals surface area contributed by atoms with Crippen LogP contribution in [0.4, 0.5) is 11.4 Å². The first-order chi connectivity index (χ1) is 8.24. The number of aliphatic hydroxyl groups excluding tert-OH is 1. The van der Waals surface area contributed by atoms with E-state index in [1.165, 1.54) is 0 Å². The van der Waals surface area contributed by atoms with Crippen molar-refractivity contribution in [2.24, 2.45) is 0 Å². The summed E-state index contributed by atoms with van der Waals surface area (Å²) in [4.78, 5) is 2.20. The molecule has 3 N–H and O–H groups in total. The maximum atomic E-state index is 8.80. The topological polar surface area (TPSA) is 58.7 Å². The van der Waals surface area contributed by atoms with Crippen LogP contribution in [-0.2, 0) is 0 Å². The summed E-state index contributed by atoms with van der Waals surface area (Å²) >= 11 is 0. The molecule has 0 aliphatic rings. The highest BCUT2D eigenvalue weighted by molar-refractivity contribution is 5.74. The lowest BCUT2D eigenvalue weighted by Gasteiger charge is -2.25. The molecule has 0 saturated carbocycles. The van der Waals surface area contributed by atoms with Crippen molar-refractivity contribution in [2.45, 2.75) is 19.8 Å². The predicted octanol–water partition coefficient (Wildman–Crippen LogP) is 1.88. The van der Waals surface area contributed by atoms with Gasteiger partial charge in [-0.3, -0.25) is 0 Å². The Morgan fingerprint density at radius 3 is 2.71 bits per heavy atom. The van der Waals surface area contributed by atoms with Crippen LogP contribution in [0.15, 0.2) is 18.2 Å². The molecule has 4 heteroatoms. The molecular weight excluding hydrogens is 216 g/mol. The van der Waals surface area contributed by atoms with Crippen LogP contribution < -0.4 is 15.4 Å². The third-order valence-corrected chi connectivity index (χ3v) is 2.82. The number of aliphatic hydroxyl groups is 1. The predicted molar refractivity (Wildman–Crippen MR) is 71.6 cm³/mol. The molecule has 0 atom stereocenters. The van der Waals surface area contributed by atoms with E-state index in [1.807, 2.05) is 18.2 Å². The van der Waals surface area contributed by atoms with Gasteiger partial charge in [-0.25, -0.2) is 0 Å². The van der Waals surface area contributed by atoms with Crippen molar-refractivity contribution in [3.63, 3.8) is 0 Å². The number of hydrogen-bond acceptors (Lipinski definition) is 4. The van der Waals surface area contributed by atoms with Gasteiger partial charge in [-0.05, 0) is 31.9 Å². The van der Waals surface area contributed by atoms with Crippen molar-refractivity contribution in [1.29, 1.82) is 0 Å². The van der Waals surface area contributed by atoms with E-state index in [4.69, 9.17) is 15.6 Å². The Kier molecular flexibility index (Phi) is 5.63. The van der Waals surface area contributed by atoms with Crippen LogP contribution in [0.1, 0.15) is 19.8 Å². The first kappa shape index (κ1) is 13.6. The highest BCUT2D eigenvalue weighted by Gasteiger charge is 2.10. The van der Waals surface area contributed by atoms with Crippen LogP contribution in [0.2, 0.25) is 0 Å². The molecule has 0 aromatic heterocycles. The van der Waals surface area contributed by atoms with Crippen LogP contribution in [0.5, 0.6) is 5.75 Å². The molecular formula is C13H22N2O2. The number of hydrogen-bond donors (Lipinski definition) is 2. The molecule has 0 unspecified atom stereocenters. The lowest BCUT2D eigenvalue weighted by atomic mass is 10.2. The van der Waals surface area contributed by atoms with Crippen LogP contribution in [0, 0.1) is 0 Å². The van der Waals surface area contributed by atoms with E-state index in [-0.39, 0.29) is 6.61 Å². The molecule has 17 heavy (non-hydrogen) atoms. The summed E-state index contributed by atoms with van der Waals surface area (Å²) in [6.45, 7) is 4.13. The largest absolute Gasteiger partial charge is 0.495 e. The van der Waals surface area contributed by atoms with Crippen molar-refractivity contribution < 1.29 is 9.84 Å². The van der Waals surface area contributed by atoms with Crippen molar-refractivity contribution in [2.75, 3.05) is 37.4 Å². The van der Waals surface area contributed by atoms with E-state index < -0.39 is 0 Å². The Morgan fingerprint density at radius 2 is 2.12 bits per heavy atom. The molecule has 0 spiro atoms. The molecule has 1 aromatic rings. The van der Waals surface area contributed by atoms with E-state index in [0.29, 0.717) is 11.4 Å². The van der Waals surface area contributed by atoms with Gasteiger partial charge in [0.25, 0.3) is 0 Å². The van der Waals surface area contributed by atoms with Crippen molar-refractivity contribution in [1.82, 2.24) is 0 Å². The summed E-state index contributed by atoms with van der Waals surface area (Å²) in [5.74, 6) is 0.711. The number of benzene rings is 1. The van der Waals surface area contributed by atoms with Crippen LogP contribution in [0.3, 0.4) is 0 Å². The maximum Gasteiger partial charge on any atom is 0.143 e. The molecule has 0 bridgehead atoms. The third kappa shape index (κ3) is 3.53. The number of nitrogens with zero attached hydrogens (tertiary/aromatic N) is 1. The average Bonchev–Trinajstić information content (AvgIpc) is 2.36. The van der Waals surface area contributed by atoms with Gasteiger partial charge in [-0.2, -0.15) is 0 Å². The number of methoxy groups -OCH3 is 1. The van der Waals surface area contributed by atoms with Crippen LogP contribution >= 0.6 is 0 Å². The quantitative estimate of drug-likeness (QED) is 0.562. The SMILES string of the molecule is CCN(CCCCO)c1cccc(OC)c1N. The molecule has 0 aliphatic heterocycles. The summed E-state index contributed by atoms with van der Waals surface area (Å²) < 4.78 is 5.21. The molecule has 0 fully saturated rings. The highest BCUT2D eigenvalue weighted by Crippen LogP contribution is 2.31. The first-order valence-corrected chi connectivity index (χ1v) is 6.02. The molecule has 0 saturated heterocycles. The Hall–Kier alpha value is -1.42. The van der Waals surface area contributed by atoms with Gasteiger partial charge < -0.3 is 20.5 Å². The lowest BCUT2D eigenvalue weighted by molar-refractivity contribution is 0.285. The number of ether oxygens (including phenoxy) is 1. The molecule has 1 aromatic carbocycles. The number of para-hydroxylation sites is 1. The van der Waals surface area contributed by atoms with Gasteiger partial charge in [0.1, 0.15) is 5.75 Å². The van der Waals surface area contributed by atoms with E-state index in [9.17, 15) is 0 Å². The fourth-order valence-electron chi connectivity index (χ4n) is 1.85. The average molecular weight is 238 g/mol. The summed E-state index contributed by atoms with van der Waals surface area (Å²) in [6, 6.07) is 5.81. The number of nitrogens with two attached hydrogens (primary N) is 1. The van der Waals surface area contributed by atoms with Gasteiger partial charge in [0.05, 0.1) is 18.5 Å². The van der Waals surface area contributed by atoms with Crippen molar-refractivity contribution in [3.8, 4) is 5.75 Å². The Bertz CT molecular complexity index is 342. The maximum absolute atomic E-state index is 8.80. The van der Waals surface area contributed by atoms with Gasteiger partial charge in [0.2, 0.25) is 0 Å². The molecule has 0 radical (unpaired) electrons. The van der Waals surface area contributed by atoms with Gasteiger partial charge in [-0.15, -0.1) is 0 Å². The number of nitrogen functional groups attached to an aromatic ring is 1. The second-order valence-corrected chi connectivity index (χ2v) is 3.90. The lowest BCUT2D eigenvalue weighted by Crippen LogP contribution is -2.25. The van der Waals surface area contributed by atoms with Crippen molar-refractivity contribution >= 4 is 11.4 Å². The fourth-order valence-corrected chi connectivity index (χ4v) is 1.85. The third-order valence-electron chi connectivity index (χ3n) is 2.82. The molecule has 4 nitrogen and oxygen atoms in total. The first-order valence-electron chi connectivity index (χ1n) is 6.02.